The van der Waals surface area contributed by atoms with Gasteiger partial charge in [-0.2, -0.15) is 0 Å². The molecular weight excluding hydrogens is 272 g/mol. The van der Waals surface area contributed by atoms with Gasteiger partial charge in [0.1, 0.15) is 5.75 Å². The number of nitrogens with zero attached hydrogens (tertiary/aromatic N) is 1. The Kier molecular flexibility index (Phi) is 4.99. The Morgan fingerprint density at radius 2 is 2.15 bits per heavy atom. The van der Waals surface area contributed by atoms with Crippen LogP contribution < -0.4 is 10.1 Å². The third kappa shape index (κ3) is 3.30. The van der Waals surface area contributed by atoms with Gasteiger partial charge in [0.25, 0.3) is 0 Å². The molecule has 2 aromatic rings. The summed E-state index contributed by atoms with van der Waals surface area (Å²) in [5.74, 6) is 0.906. The van der Waals surface area contributed by atoms with E-state index in [0.29, 0.717) is 5.02 Å². The number of methoxy groups -OCH3 is 1. The van der Waals surface area contributed by atoms with E-state index in [9.17, 15) is 0 Å². The maximum Gasteiger partial charge on any atom is 0.122 e. The molecule has 0 amide bonds. The van der Waals surface area contributed by atoms with Crippen LogP contribution in [0.25, 0.3) is 0 Å². The first kappa shape index (κ1) is 14.8. The van der Waals surface area contributed by atoms with Gasteiger partial charge in [-0.05, 0) is 49.2 Å². The van der Waals surface area contributed by atoms with Gasteiger partial charge in [-0.25, -0.2) is 0 Å². The highest BCUT2D eigenvalue weighted by Crippen LogP contribution is 2.27. The maximum absolute atomic E-state index is 6.18. The molecule has 0 radical (unpaired) electrons. The second-order valence-electron chi connectivity index (χ2n) is 4.74. The summed E-state index contributed by atoms with van der Waals surface area (Å²) in [5, 5.41) is 4.03. The van der Waals surface area contributed by atoms with Crippen molar-refractivity contribution in [1.29, 1.82) is 0 Å². The average Bonchev–Trinajstić information content (AvgIpc) is 2.47. The second kappa shape index (κ2) is 6.73. The van der Waals surface area contributed by atoms with Gasteiger partial charge in [-0.15, -0.1) is 0 Å². The SMILES string of the molecule is CNC(Cc1ccncc1Cl)c1ccc(C)c(OC)c1. The zero-order valence-corrected chi connectivity index (χ0v) is 12.7. The summed E-state index contributed by atoms with van der Waals surface area (Å²) in [6.07, 6.45) is 4.26. The lowest BCUT2D eigenvalue weighted by Gasteiger charge is -2.19. The van der Waals surface area contributed by atoms with Gasteiger partial charge in [-0.1, -0.05) is 23.7 Å². The van der Waals surface area contributed by atoms with E-state index in [1.165, 1.54) is 5.56 Å². The van der Waals surface area contributed by atoms with Crippen LogP contribution in [0.3, 0.4) is 0 Å². The fourth-order valence-electron chi connectivity index (χ4n) is 2.23. The first-order chi connectivity index (χ1) is 9.65. The normalized spacial score (nSPS) is 12.2. The monoisotopic (exact) mass is 290 g/mol. The quantitative estimate of drug-likeness (QED) is 0.914. The molecule has 2 rings (SSSR count). The molecule has 1 heterocycles. The molecule has 1 aromatic carbocycles. The minimum atomic E-state index is 0.185. The van der Waals surface area contributed by atoms with Crippen molar-refractivity contribution < 1.29 is 4.74 Å². The van der Waals surface area contributed by atoms with Crippen molar-refractivity contribution in [3.63, 3.8) is 0 Å². The molecule has 0 aliphatic carbocycles. The summed E-state index contributed by atoms with van der Waals surface area (Å²) in [5.41, 5.74) is 3.40. The Labute approximate surface area is 124 Å². The predicted octanol–water partition coefficient (Wildman–Crippen LogP) is 3.56. The highest BCUT2D eigenvalue weighted by Gasteiger charge is 2.13. The molecule has 0 saturated carbocycles. The Bertz CT molecular complexity index is 586. The summed E-state index contributed by atoms with van der Waals surface area (Å²) in [7, 11) is 3.65. The third-order valence-corrected chi connectivity index (χ3v) is 3.80. The first-order valence-corrected chi connectivity index (χ1v) is 6.93. The maximum atomic E-state index is 6.18. The van der Waals surface area contributed by atoms with E-state index in [0.717, 1.165) is 23.3 Å². The van der Waals surface area contributed by atoms with E-state index in [4.69, 9.17) is 16.3 Å². The number of halogens is 1. The Morgan fingerprint density at radius 1 is 1.35 bits per heavy atom. The van der Waals surface area contributed by atoms with Gasteiger partial charge in [0.05, 0.1) is 12.1 Å². The van der Waals surface area contributed by atoms with E-state index < -0.39 is 0 Å². The summed E-state index contributed by atoms with van der Waals surface area (Å²) < 4.78 is 5.39. The van der Waals surface area contributed by atoms with Crippen molar-refractivity contribution in [3.8, 4) is 5.75 Å². The predicted molar refractivity (Wildman–Crippen MR) is 82.5 cm³/mol. The molecule has 0 bridgehead atoms. The van der Waals surface area contributed by atoms with Gasteiger partial charge >= 0.3 is 0 Å². The zero-order chi connectivity index (χ0) is 14.5. The highest BCUT2D eigenvalue weighted by atomic mass is 35.5. The highest BCUT2D eigenvalue weighted by molar-refractivity contribution is 6.31. The van der Waals surface area contributed by atoms with Gasteiger partial charge in [0.2, 0.25) is 0 Å². The molecule has 106 valence electrons. The molecule has 4 heteroatoms. The fraction of sp³-hybridized carbons (Fsp3) is 0.312. The van der Waals surface area contributed by atoms with Crippen LogP contribution in [0.5, 0.6) is 5.75 Å². The van der Waals surface area contributed by atoms with E-state index in [2.05, 4.69) is 28.5 Å². The lowest BCUT2D eigenvalue weighted by molar-refractivity contribution is 0.410. The number of rotatable bonds is 5. The lowest BCUT2D eigenvalue weighted by Crippen LogP contribution is -2.19. The molecule has 0 aliphatic rings. The zero-order valence-electron chi connectivity index (χ0n) is 12.0. The smallest absolute Gasteiger partial charge is 0.122 e. The van der Waals surface area contributed by atoms with Crippen molar-refractivity contribution >= 4 is 11.6 Å². The molecule has 0 saturated heterocycles. The Hall–Kier alpha value is -1.58. The topological polar surface area (TPSA) is 34.2 Å². The molecule has 3 nitrogen and oxygen atoms in total. The molecule has 20 heavy (non-hydrogen) atoms. The molecule has 0 spiro atoms. The summed E-state index contributed by atoms with van der Waals surface area (Å²) in [6, 6.07) is 8.41. The number of hydrogen-bond donors (Lipinski definition) is 1. The Balaban J connectivity index is 2.26. The average molecular weight is 291 g/mol. The van der Waals surface area contributed by atoms with Gasteiger partial charge in [-0.3, -0.25) is 4.98 Å². The van der Waals surface area contributed by atoms with Crippen LogP contribution in [0.2, 0.25) is 5.02 Å². The molecule has 1 aromatic heterocycles. The van der Waals surface area contributed by atoms with E-state index in [-0.39, 0.29) is 6.04 Å². The van der Waals surface area contributed by atoms with Crippen LogP contribution >= 0.6 is 11.6 Å². The number of aryl methyl sites for hydroxylation is 1. The van der Waals surface area contributed by atoms with Gasteiger partial charge < -0.3 is 10.1 Å². The van der Waals surface area contributed by atoms with Crippen molar-refractivity contribution in [2.75, 3.05) is 14.2 Å². The van der Waals surface area contributed by atoms with Crippen LogP contribution in [0.15, 0.2) is 36.7 Å². The van der Waals surface area contributed by atoms with E-state index in [1.807, 2.05) is 20.0 Å². The molecular formula is C16H19ClN2O. The summed E-state index contributed by atoms with van der Waals surface area (Å²) in [4.78, 5) is 4.02. The van der Waals surface area contributed by atoms with Crippen molar-refractivity contribution in [1.82, 2.24) is 10.3 Å². The molecule has 1 N–H and O–H groups in total. The van der Waals surface area contributed by atoms with Gasteiger partial charge in [0.15, 0.2) is 0 Å². The summed E-state index contributed by atoms with van der Waals surface area (Å²) in [6.45, 7) is 2.04. The van der Waals surface area contributed by atoms with E-state index >= 15 is 0 Å². The number of pyridine rings is 1. The molecule has 0 fully saturated rings. The molecule has 1 unspecified atom stereocenters. The van der Waals surface area contributed by atoms with Crippen molar-refractivity contribution in [2.24, 2.45) is 0 Å². The fourth-order valence-corrected chi connectivity index (χ4v) is 2.43. The van der Waals surface area contributed by atoms with E-state index in [1.54, 1.807) is 19.5 Å². The van der Waals surface area contributed by atoms with Crippen molar-refractivity contribution in [2.45, 2.75) is 19.4 Å². The lowest BCUT2D eigenvalue weighted by atomic mass is 9.98. The van der Waals surface area contributed by atoms with Crippen LogP contribution in [0, 0.1) is 6.92 Å². The molecule has 1 atom stereocenters. The number of aromatic nitrogens is 1. The number of hydrogen-bond acceptors (Lipinski definition) is 3. The minimum Gasteiger partial charge on any atom is -0.496 e. The number of ether oxygens (including phenoxy) is 1. The minimum absolute atomic E-state index is 0.185. The van der Waals surface area contributed by atoms with Crippen LogP contribution in [-0.2, 0) is 6.42 Å². The van der Waals surface area contributed by atoms with Crippen LogP contribution in [0.4, 0.5) is 0 Å². The largest absolute Gasteiger partial charge is 0.496 e. The Morgan fingerprint density at radius 3 is 2.80 bits per heavy atom. The van der Waals surface area contributed by atoms with Gasteiger partial charge in [0, 0.05) is 18.4 Å². The number of nitrogens with one attached hydrogen (secondary N) is 1. The number of likely N-dealkylation sites (N-methyl/N-ethyl adjacent to an activating group) is 1. The first-order valence-electron chi connectivity index (χ1n) is 6.56. The standard InChI is InChI=1S/C16H19ClN2O/c1-11-4-5-13(9-16(11)20-3)15(18-2)8-12-6-7-19-10-14(12)17/h4-7,9-10,15,18H,8H2,1-3H3. The number of benzene rings is 1. The van der Waals surface area contributed by atoms with Crippen LogP contribution in [0.1, 0.15) is 22.7 Å². The molecule has 0 aliphatic heterocycles. The second-order valence-corrected chi connectivity index (χ2v) is 5.15. The van der Waals surface area contributed by atoms with Crippen LogP contribution in [-0.4, -0.2) is 19.1 Å². The summed E-state index contributed by atoms with van der Waals surface area (Å²) >= 11 is 6.18. The van der Waals surface area contributed by atoms with Crippen molar-refractivity contribution in [3.05, 3.63) is 58.4 Å². The third-order valence-electron chi connectivity index (χ3n) is 3.46.